The Balaban J connectivity index is 2.06. The maximum absolute atomic E-state index is 13.0. The number of nitrogens with one attached hydrogen (secondary N) is 1. The second kappa shape index (κ2) is 10.6. The maximum atomic E-state index is 13.0. The molecule has 1 amide bonds. The van der Waals surface area contributed by atoms with E-state index < -0.39 is 28.5 Å². The number of methoxy groups -OCH3 is 1. The highest BCUT2D eigenvalue weighted by Crippen LogP contribution is 2.31. The lowest BCUT2D eigenvalue weighted by atomic mass is 10.1. The number of benzene rings is 1. The van der Waals surface area contributed by atoms with E-state index in [9.17, 15) is 18.0 Å². The zero-order valence-corrected chi connectivity index (χ0v) is 18.1. The SMILES string of the molecule is COc1ccc(NC(=O)COC(=O)CCC(C)C)cc1S(=O)(=O)N1CCCCC1. The second-order valence-corrected chi connectivity index (χ2v) is 9.38. The molecule has 1 aromatic rings. The van der Waals surface area contributed by atoms with Crippen LogP contribution in [-0.2, 0) is 24.3 Å². The van der Waals surface area contributed by atoms with Crippen molar-refractivity contribution < 1.29 is 27.5 Å². The van der Waals surface area contributed by atoms with E-state index in [1.165, 1.54) is 23.5 Å². The summed E-state index contributed by atoms with van der Waals surface area (Å²) in [5.41, 5.74) is 0.296. The van der Waals surface area contributed by atoms with Gasteiger partial charge in [-0.05, 0) is 43.4 Å². The molecule has 0 saturated carbocycles. The van der Waals surface area contributed by atoms with Crippen LogP contribution in [0.1, 0.15) is 46.0 Å². The Morgan fingerprint density at radius 1 is 1.17 bits per heavy atom. The molecule has 1 fully saturated rings. The van der Waals surface area contributed by atoms with Crippen molar-refractivity contribution in [3.63, 3.8) is 0 Å². The van der Waals surface area contributed by atoms with Crippen molar-refractivity contribution in [3.05, 3.63) is 18.2 Å². The molecule has 1 aliphatic rings. The summed E-state index contributed by atoms with van der Waals surface area (Å²) in [5, 5.41) is 2.57. The number of hydrogen-bond donors (Lipinski definition) is 1. The van der Waals surface area contributed by atoms with Crippen molar-refractivity contribution in [3.8, 4) is 5.75 Å². The first-order chi connectivity index (χ1) is 13.7. The highest BCUT2D eigenvalue weighted by atomic mass is 32.2. The molecule has 9 heteroatoms. The number of carbonyl (C=O) groups excluding carboxylic acids is 2. The average Bonchev–Trinajstić information content (AvgIpc) is 2.71. The van der Waals surface area contributed by atoms with Crippen molar-refractivity contribution in [1.29, 1.82) is 0 Å². The van der Waals surface area contributed by atoms with Gasteiger partial charge in [0.1, 0.15) is 10.6 Å². The van der Waals surface area contributed by atoms with Crippen LogP contribution < -0.4 is 10.1 Å². The molecular weight excluding hydrogens is 396 g/mol. The molecule has 0 atom stereocenters. The molecule has 1 aliphatic heterocycles. The van der Waals surface area contributed by atoms with Crippen molar-refractivity contribution in [2.24, 2.45) is 5.92 Å². The number of ether oxygens (including phenoxy) is 2. The zero-order chi connectivity index (χ0) is 21.4. The molecule has 1 heterocycles. The summed E-state index contributed by atoms with van der Waals surface area (Å²) in [6.07, 6.45) is 3.60. The van der Waals surface area contributed by atoms with Crippen molar-refractivity contribution in [2.45, 2.75) is 50.8 Å². The average molecular weight is 427 g/mol. The quantitative estimate of drug-likeness (QED) is 0.609. The lowest BCUT2D eigenvalue weighted by molar-refractivity contribution is -0.147. The minimum Gasteiger partial charge on any atom is -0.495 e. The highest BCUT2D eigenvalue weighted by molar-refractivity contribution is 7.89. The van der Waals surface area contributed by atoms with E-state index >= 15 is 0 Å². The van der Waals surface area contributed by atoms with Crippen molar-refractivity contribution in [1.82, 2.24) is 4.31 Å². The predicted molar refractivity (Wildman–Crippen MR) is 109 cm³/mol. The number of anilines is 1. The van der Waals surface area contributed by atoms with Crippen LogP contribution in [-0.4, -0.2) is 51.4 Å². The second-order valence-electron chi connectivity index (χ2n) is 7.47. The minimum atomic E-state index is -3.73. The molecular formula is C20H30N2O6S. The maximum Gasteiger partial charge on any atom is 0.306 e. The Kier molecular flexibility index (Phi) is 8.45. The molecule has 0 bridgehead atoms. The number of hydrogen-bond acceptors (Lipinski definition) is 6. The summed E-state index contributed by atoms with van der Waals surface area (Å²) >= 11 is 0. The summed E-state index contributed by atoms with van der Waals surface area (Å²) in [6, 6.07) is 4.43. The zero-order valence-electron chi connectivity index (χ0n) is 17.3. The Bertz CT molecular complexity index is 816. The van der Waals surface area contributed by atoms with E-state index in [-0.39, 0.29) is 17.1 Å². The fourth-order valence-electron chi connectivity index (χ4n) is 3.02. The Labute approximate surface area is 172 Å². The first-order valence-electron chi connectivity index (χ1n) is 9.87. The number of rotatable bonds is 9. The van der Waals surface area contributed by atoms with Gasteiger partial charge in [-0.25, -0.2) is 8.42 Å². The summed E-state index contributed by atoms with van der Waals surface area (Å²) in [6.45, 7) is 4.51. The first-order valence-corrected chi connectivity index (χ1v) is 11.3. The van der Waals surface area contributed by atoms with Crippen LogP contribution in [0, 0.1) is 5.92 Å². The van der Waals surface area contributed by atoms with Gasteiger partial charge in [-0.15, -0.1) is 0 Å². The number of carbonyl (C=O) groups is 2. The van der Waals surface area contributed by atoms with Crippen LogP contribution >= 0.6 is 0 Å². The summed E-state index contributed by atoms with van der Waals surface area (Å²) in [4.78, 5) is 23.7. The van der Waals surface area contributed by atoms with E-state index in [0.717, 1.165) is 19.3 Å². The lowest BCUT2D eigenvalue weighted by Crippen LogP contribution is -2.35. The Morgan fingerprint density at radius 3 is 2.48 bits per heavy atom. The Hall–Kier alpha value is -2.13. The van der Waals surface area contributed by atoms with Gasteiger partial charge in [0.15, 0.2) is 6.61 Å². The van der Waals surface area contributed by atoms with E-state index in [1.807, 2.05) is 13.8 Å². The van der Waals surface area contributed by atoms with E-state index in [4.69, 9.17) is 9.47 Å². The molecule has 0 spiro atoms. The molecule has 2 rings (SSSR count). The van der Waals surface area contributed by atoms with E-state index in [2.05, 4.69) is 5.32 Å². The van der Waals surface area contributed by atoms with Crippen LogP contribution in [0.15, 0.2) is 23.1 Å². The number of piperidine rings is 1. The van der Waals surface area contributed by atoms with Crippen LogP contribution in [0.3, 0.4) is 0 Å². The monoisotopic (exact) mass is 426 g/mol. The van der Waals surface area contributed by atoms with Gasteiger partial charge in [0, 0.05) is 25.2 Å². The molecule has 1 saturated heterocycles. The normalized spacial score (nSPS) is 15.2. The Morgan fingerprint density at radius 2 is 1.86 bits per heavy atom. The van der Waals surface area contributed by atoms with Crippen LogP contribution in [0.25, 0.3) is 0 Å². The molecule has 162 valence electrons. The third kappa shape index (κ3) is 6.71. The van der Waals surface area contributed by atoms with Crippen LogP contribution in [0.5, 0.6) is 5.75 Å². The van der Waals surface area contributed by atoms with E-state index in [1.54, 1.807) is 6.07 Å². The molecule has 1 N–H and O–H groups in total. The first kappa shape index (κ1) is 23.2. The van der Waals surface area contributed by atoms with Gasteiger partial charge in [0.05, 0.1) is 7.11 Å². The highest BCUT2D eigenvalue weighted by Gasteiger charge is 2.29. The molecule has 0 unspecified atom stereocenters. The summed E-state index contributed by atoms with van der Waals surface area (Å²) in [5.74, 6) is -0.379. The topological polar surface area (TPSA) is 102 Å². The molecule has 29 heavy (non-hydrogen) atoms. The molecule has 0 aliphatic carbocycles. The molecule has 0 aromatic heterocycles. The largest absolute Gasteiger partial charge is 0.495 e. The standard InChI is InChI=1S/C20H30N2O6S/c1-15(2)7-10-20(24)28-14-19(23)21-16-8-9-17(27-3)18(13-16)29(25,26)22-11-5-4-6-12-22/h8-9,13,15H,4-7,10-12,14H2,1-3H3,(H,21,23). The van der Waals surface area contributed by atoms with Gasteiger partial charge >= 0.3 is 5.97 Å². The fraction of sp³-hybridized carbons (Fsp3) is 0.600. The predicted octanol–water partition coefficient (Wildman–Crippen LogP) is 2.79. The fourth-order valence-corrected chi connectivity index (χ4v) is 4.72. The van der Waals surface area contributed by atoms with Crippen molar-refractivity contribution in [2.75, 3.05) is 32.1 Å². The molecule has 1 aromatic carbocycles. The van der Waals surface area contributed by atoms with E-state index in [0.29, 0.717) is 31.1 Å². The number of amides is 1. The molecule has 0 radical (unpaired) electrons. The van der Waals surface area contributed by atoms with Crippen LogP contribution in [0.4, 0.5) is 5.69 Å². The third-order valence-electron chi connectivity index (χ3n) is 4.67. The van der Waals surface area contributed by atoms with Crippen molar-refractivity contribution >= 4 is 27.6 Å². The number of nitrogens with zero attached hydrogens (tertiary/aromatic N) is 1. The van der Waals surface area contributed by atoms with Gasteiger partial charge in [-0.2, -0.15) is 4.31 Å². The van der Waals surface area contributed by atoms with Gasteiger partial charge in [0.25, 0.3) is 5.91 Å². The van der Waals surface area contributed by atoms with Gasteiger partial charge in [-0.1, -0.05) is 20.3 Å². The third-order valence-corrected chi connectivity index (χ3v) is 6.59. The van der Waals surface area contributed by atoms with Crippen LogP contribution in [0.2, 0.25) is 0 Å². The smallest absolute Gasteiger partial charge is 0.306 e. The molecule has 8 nitrogen and oxygen atoms in total. The summed E-state index contributed by atoms with van der Waals surface area (Å²) in [7, 11) is -2.33. The van der Waals surface area contributed by atoms with Gasteiger partial charge in [-0.3, -0.25) is 9.59 Å². The number of esters is 1. The number of sulfonamides is 1. The van der Waals surface area contributed by atoms with Gasteiger partial charge < -0.3 is 14.8 Å². The summed E-state index contributed by atoms with van der Waals surface area (Å²) < 4.78 is 37.6. The minimum absolute atomic E-state index is 0.00799. The lowest BCUT2D eigenvalue weighted by Gasteiger charge is -2.26. The van der Waals surface area contributed by atoms with Gasteiger partial charge in [0.2, 0.25) is 10.0 Å².